The van der Waals surface area contributed by atoms with Crippen molar-refractivity contribution in [2.45, 2.75) is 56.2 Å². The van der Waals surface area contributed by atoms with Gasteiger partial charge in [-0.15, -0.1) is 10.2 Å². The monoisotopic (exact) mass is 429 g/mol. The molecule has 0 saturated heterocycles. The Morgan fingerprint density at radius 2 is 2.17 bits per heavy atom. The van der Waals surface area contributed by atoms with E-state index in [1.807, 2.05) is 0 Å². The third-order valence-corrected chi connectivity index (χ3v) is 7.41. The van der Waals surface area contributed by atoms with Crippen molar-refractivity contribution < 1.29 is 13.7 Å². The molecule has 3 aromatic rings. The first kappa shape index (κ1) is 19.5. The van der Waals surface area contributed by atoms with Crippen molar-refractivity contribution >= 4 is 11.8 Å². The van der Waals surface area contributed by atoms with Crippen molar-refractivity contribution in [2.75, 3.05) is 0 Å². The number of para-hydroxylation sites is 1. The average Bonchev–Trinajstić information content (AvgIpc) is 3.56. The fourth-order valence-corrected chi connectivity index (χ4v) is 5.97. The van der Waals surface area contributed by atoms with Gasteiger partial charge in [0.05, 0.1) is 5.75 Å². The summed E-state index contributed by atoms with van der Waals surface area (Å²) in [7, 11) is 0. The van der Waals surface area contributed by atoms with Gasteiger partial charge in [0.2, 0.25) is 5.89 Å². The van der Waals surface area contributed by atoms with E-state index in [1.54, 1.807) is 18.2 Å². The molecule has 30 heavy (non-hydrogen) atoms. The van der Waals surface area contributed by atoms with Crippen molar-refractivity contribution in [3.05, 3.63) is 48.1 Å². The van der Waals surface area contributed by atoms with Crippen LogP contribution in [-0.2, 0) is 12.4 Å². The predicted molar refractivity (Wildman–Crippen MR) is 108 cm³/mol. The molecular formula is C21H24FN5O2S. The number of nitrogens with zero attached hydrogens (tertiary/aromatic N) is 5. The van der Waals surface area contributed by atoms with Crippen LogP contribution in [-0.4, -0.2) is 24.9 Å². The van der Waals surface area contributed by atoms with Crippen LogP contribution in [0, 0.1) is 23.6 Å². The topological polar surface area (TPSA) is 78.9 Å². The molecule has 2 saturated carbocycles. The zero-order chi connectivity index (χ0) is 20.5. The maximum atomic E-state index is 14.0. The van der Waals surface area contributed by atoms with Gasteiger partial charge < -0.3 is 9.26 Å². The molecule has 0 N–H and O–H groups in total. The Morgan fingerprint density at radius 3 is 2.90 bits per heavy atom. The van der Waals surface area contributed by atoms with Crippen molar-refractivity contribution in [1.29, 1.82) is 0 Å². The maximum Gasteiger partial charge on any atom is 0.236 e. The summed E-state index contributed by atoms with van der Waals surface area (Å²) in [5, 5.41) is 13.3. The van der Waals surface area contributed by atoms with E-state index in [4.69, 9.17) is 9.26 Å². The summed E-state index contributed by atoms with van der Waals surface area (Å²) < 4.78 is 27.0. The SMILES string of the molecule is C[C@H]([C@H]1C[C@H]2CC[C@H]1C2)n1c(COc2ccccc2F)nnc1SCc1ncno1. The Kier molecular flexibility index (Phi) is 5.45. The van der Waals surface area contributed by atoms with Gasteiger partial charge in [-0.2, -0.15) is 4.98 Å². The van der Waals surface area contributed by atoms with Gasteiger partial charge in [-0.3, -0.25) is 4.57 Å². The minimum atomic E-state index is -0.379. The van der Waals surface area contributed by atoms with Crippen LogP contribution < -0.4 is 4.74 Å². The highest BCUT2D eigenvalue weighted by molar-refractivity contribution is 7.98. The number of hydrogen-bond acceptors (Lipinski definition) is 7. The molecule has 0 unspecified atom stereocenters. The van der Waals surface area contributed by atoms with Crippen molar-refractivity contribution in [1.82, 2.24) is 24.9 Å². The van der Waals surface area contributed by atoms with E-state index in [1.165, 1.54) is 49.8 Å². The van der Waals surface area contributed by atoms with Gasteiger partial charge in [0, 0.05) is 6.04 Å². The molecule has 7 nitrogen and oxygen atoms in total. The molecule has 9 heteroatoms. The molecule has 2 aliphatic rings. The third kappa shape index (κ3) is 3.82. The van der Waals surface area contributed by atoms with E-state index in [0.717, 1.165) is 17.0 Å². The van der Waals surface area contributed by atoms with E-state index in [0.29, 0.717) is 23.4 Å². The Hall–Kier alpha value is -2.42. The van der Waals surface area contributed by atoms with Crippen molar-refractivity contribution in [3.63, 3.8) is 0 Å². The highest BCUT2D eigenvalue weighted by Gasteiger charge is 2.43. The summed E-state index contributed by atoms with van der Waals surface area (Å²) in [6, 6.07) is 6.67. The van der Waals surface area contributed by atoms with Crippen molar-refractivity contribution in [3.8, 4) is 5.75 Å². The lowest BCUT2D eigenvalue weighted by atomic mass is 9.84. The molecule has 0 spiro atoms. The Balaban J connectivity index is 1.38. The van der Waals surface area contributed by atoms with Gasteiger partial charge in [-0.1, -0.05) is 35.5 Å². The maximum absolute atomic E-state index is 14.0. The van der Waals surface area contributed by atoms with Gasteiger partial charge >= 0.3 is 0 Å². The van der Waals surface area contributed by atoms with Crippen molar-refractivity contribution in [2.24, 2.45) is 17.8 Å². The number of rotatable bonds is 8. The second-order valence-corrected chi connectivity index (χ2v) is 9.13. The molecule has 2 fully saturated rings. The number of hydrogen-bond donors (Lipinski definition) is 0. The molecule has 1 aromatic carbocycles. The van der Waals surface area contributed by atoms with Crippen LogP contribution in [0.15, 0.2) is 40.3 Å². The van der Waals surface area contributed by atoms with Crippen LogP contribution >= 0.6 is 11.8 Å². The number of ether oxygens (including phenoxy) is 1. The molecule has 0 amide bonds. The summed E-state index contributed by atoms with van der Waals surface area (Å²) >= 11 is 1.52. The number of aromatic nitrogens is 5. The number of fused-ring (bicyclic) bond motifs is 2. The van der Waals surface area contributed by atoms with E-state index in [-0.39, 0.29) is 24.2 Å². The van der Waals surface area contributed by atoms with E-state index >= 15 is 0 Å². The Bertz CT molecular complexity index is 995. The molecule has 2 bridgehead atoms. The quantitative estimate of drug-likeness (QED) is 0.482. The van der Waals surface area contributed by atoms with Crippen LogP contribution in [0.25, 0.3) is 0 Å². The first-order valence-electron chi connectivity index (χ1n) is 10.4. The number of thioether (sulfide) groups is 1. The van der Waals surface area contributed by atoms with Crippen LogP contribution in [0.1, 0.15) is 50.4 Å². The average molecular weight is 430 g/mol. The molecular weight excluding hydrogens is 405 g/mol. The largest absolute Gasteiger partial charge is 0.483 e. The third-order valence-electron chi connectivity index (χ3n) is 6.48. The van der Waals surface area contributed by atoms with Gasteiger partial charge in [-0.25, -0.2) is 4.39 Å². The van der Waals surface area contributed by atoms with E-state index < -0.39 is 0 Å². The minimum Gasteiger partial charge on any atom is -0.483 e. The standard InChI is InChI=1S/C21H24FN5O2S/c1-13(16-9-14-6-7-15(16)8-14)27-19(10-28-18-5-3-2-4-17(18)22)25-26-21(27)30-11-20-23-12-24-29-20/h2-5,12-16H,6-11H2,1H3/t13-,14+,15+,16-/m1/s1. The van der Waals surface area contributed by atoms with Crippen LogP contribution in [0.4, 0.5) is 4.39 Å². The predicted octanol–water partition coefficient (Wildman–Crippen LogP) is 4.67. The van der Waals surface area contributed by atoms with Gasteiger partial charge in [0.1, 0.15) is 6.61 Å². The zero-order valence-electron chi connectivity index (χ0n) is 16.8. The van der Waals surface area contributed by atoms with E-state index in [9.17, 15) is 4.39 Å². The summed E-state index contributed by atoms with van der Waals surface area (Å²) in [5.41, 5.74) is 0. The first-order chi connectivity index (χ1) is 14.7. The Labute approximate surface area is 178 Å². The number of benzene rings is 1. The Morgan fingerprint density at radius 1 is 1.27 bits per heavy atom. The minimum absolute atomic E-state index is 0.167. The smallest absolute Gasteiger partial charge is 0.236 e. The molecule has 158 valence electrons. The second kappa shape index (κ2) is 8.37. The van der Waals surface area contributed by atoms with Crippen LogP contribution in [0.3, 0.4) is 0 Å². The lowest BCUT2D eigenvalue weighted by Gasteiger charge is -2.30. The zero-order valence-corrected chi connectivity index (χ0v) is 17.6. The normalized spacial score (nSPS) is 23.7. The summed E-state index contributed by atoms with van der Waals surface area (Å²) in [6.45, 7) is 2.41. The van der Waals surface area contributed by atoms with Gasteiger partial charge in [0.25, 0.3) is 0 Å². The van der Waals surface area contributed by atoms with Crippen LogP contribution in [0.2, 0.25) is 0 Å². The summed E-state index contributed by atoms with van der Waals surface area (Å²) in [5.74, 6) is 3.85. The fourth-order valence-electron chi connectivity index (χ4n) is 5.08. The molecule has 4 atom stereocenters. The van der Waals surface area contributed by atoms with Gasteiger partial charge in [-0.05, 0) is 56.1 Å². The highest BCUT2D eigenvalue weighted by atomic mass is 32.2. The second-order valence-electron chi connectivity index (χ2n) is 8.19. The lowest BCUT2D eigenvalue weighted by Crippen LogP contribution is -2.24. The first-order valence-corrected chi connectivity index (χ1v) is 11.4. The van der Waals surface area contributed by atoms with Gasteiger partial charge in [0.15, 0.2) is 28.9 Å². The van der Waals surface area contributed by atoms with Crippen LogP contribution in [0.5, 0.6) is 5.75 Å². The lowest BCUT2D eigenvalue weighted by molar-refractivity contribution is 0.215. The molecule has 2 aliphatic carbocycles. The summed E-state index contributed by atoms with van der Waals surface area (Å²) in [6.07, 6.45) is 6.66. The summed E-state index contributed by atoms with van der Waals surface area (Å²) in [4.78, 5) is 4.08. The molecule has 2 aromatic heterocycles. The highest BCUT2D eigenvalue weighted by Crippen LogP contribution is 2.52. The molecule has 5 rings (SSSR count). The van der Waals surface area contributed by atoms with E-state index in [2.05, 4.69) is 31.8 Å². The molecule has 0 aliphatic heterocycles. The fraction of sp³-hybridized carbons (Fsp3) is 0.524. The molecule has 0 radical (unpaired) electrons. The number of halogens is 1. The molecule has 2 heterocycles.